The lowest BCUT2D eigenvalue weighted by Gasteiger charge is -2.13. The molecular weight excluding hydrogens is 427 g/mol. The largest absolute Gasteiger partial charge is 0.496 e. The highest BCUT2D eigenvalue weighted by Gasteiger charge is 2.18. The van der Waals surface area contributed by atoms with Gasteiger partial charge in [0.05, 0.1) is 7.11 Å². The molecule has 0 saturated heterocycles. The molecule has 168 valence electrons. The van der Waals surface area contributed by atoms with Crippen LogP contribution in [0, 0.1) is 12.7 Å². The zero-order valence-corrected chi connectivity index (χ0v) is 18.1. The van der Waals surface area contributed by atoms with Gasteiger partial charge in [-0.25, -0.2) is 9.18 Å². The van der Waals surface area contributed by atoms with Gasteiger partial charge in [-0.3, -0.25) is 0 Å². The summed E-state index contributed by atoms with van der Waals surface area (Å²) < 4.78 is 31.5. The van der Waals surface area contributed by atoms with Crippen molar-refractivity contribution in [1.29, 1.82) is 0 Å². The van der Waals surface area contributed by atoms with E-state index in [1.54, 1.807) is 26.2 Å². The average Bonchev–Trinajstić information content (AvgIpc) is 3.25. The Hall–Kier alpha value is -4.27. The number of methoxy groups -OCH3 is 1. The standard InChI is InChI=1S/C24H21FN4O4/c1-16-26-27-28-29(16)21(15-17-6-5-7-18(25)14-17)24(30)33-13-12-32-23-11-10-22(31-2)19-8-3-4-9-20(19)23/h3-11,14-15H,12-13H2,1-2H3/b21-15-. The van der Waals surface area contributed by atoms with Crippen LogP contribution >= 0.6 is 0 Å². The third-order valence-corrected chi connectivity index (χ3v) is 4.85. The summed E-state index contributed by atoms with van der Waals surface area (Å²) in [6, 6.07) is 17.2. The van der Waals surface area contributed by atoms with E-state index in [9.17, 15) is 9.18 Å². The Morgan fingerprint density at radius 2 is 1.79 bits per heavy atom. The normalized spacial score (nSPS) is 11.4. The van der Waals surface area contributed by atoms with E-state index < -0.39 is 11.8 Å². The van der Waals surface area contributed by atoms with E-state index in [0.717, 1.165) is 16.5 Å². The summed E-state index contributed by atoms with van der Waals surface area (Å²) in [5.74, 6) is 0.682. The number of aryl methyl sites for hydroxylation is 1. The molecule has 0 spiro atoms. The smallest absolute Gasteiger partial charge is 0.357 e. The molecule has 0 unspecified atom stereocenters. The SMILES string of the molecule is COc1ccc(OCCOC(=O)/C(=C/c2cccc(F)c2)n2nnnc2C)c2ccccc12. The van der Waals surface area contributed by atoms with Crippen molar-refractivity contribution in [3.05, 3.63) is 77.9 Å². The number of carbonyl (C=O) groups excluding carboxylic acids is 1. The summed E-state index contributed by atoms with van der Waals surface area (Å²) in [5, 5.41) is 13.0. The maximum Gasteiger partial charge on any atom is 0.357 e. The fourth-order valence-electron chi connectivity index (χ4n) is 3.32. The van der Waals surface area contributed by atoms with Crippen molar-refractivity contribution in [2.24, 2.45) is 0 Å². The van der Waals surface area contributed by atoms with Crippen LogP contribution in [0.15, 0.2) is 60.7 Å². The first-order valence-electron chi connectivity index (χ1n) is 10.1. The molecule has 0 saturated carbocycles. The van der Waals surface area contributed by atoms with E-state index in [2.05, 4.69) is 15.5 Å². The van der Waals surface area contributed by atoms with Crippen LogP contribution < -0.4 is 9.47 Å². The van der Waals surface area contributed by atoms with E-state index in [-0.39, 0.29) is 18.9 Å². The number of hydrogen-bond acceptors (Lipinski definition) is 7. The van der Waals surface area contributed by atoms with Crippen LogP contribution in [0.5, 0.6) is 11.5 Å². The highest BCUT2D eigenvalue weighted by molar-refractivity contribution is 6.15. The van der Waals surface area contributed by atoms with Crippen molar-refractivity contribution in [2.45, 2.75) is 6.92 Å². The van der Waals surface area contributed by atoms with Crippen molar-refractivity contribution in [3.63, 3.8) is 0 Å². The summed E-state index contributed by atoms with van der Waals surface area (Å²) in [6.45, 7) is 1.76. The minimum atomic E-state index is -0.669. The fraction of sp³-hybridized carbons (Fsp3) is 0.167. The van der Waals surface area contributed by atoms with Crippen LogP contribution in [0.4, 0.5) is 4.39 Å². The maximum atomic E-state index is 13.6. The van der Waals surface area contributed by atoms with E-state index in [1.807, 2.05) is 36.4 Å². The number of nitrogens with zero attached hydrogens (tertiary/aromatic N) is 4. The summed E-state index contributed by atoms with van der Waals surface area (Å²) in [4.78, 5) is 12.8. The van der Waals surface area contributed by atoms with Crippen LogP contribution in [0.2, 0.25) is 0 Å². The molecule has 4 aromatic rings. The number of tetrazole rings is 1. The number of fused-ring (bicyclic) bond motifs is 1. The van der Waals surface area contributed by atoms with Gasteiger partial charge in [0, 0.05) is 10.8 Å². The monoisotopic (exact) mass is 448 g/mol. The molecule has 33 heavy (non-hydrogen) atoms. The van der Waals surface area contributed by atoms with Crippen LogP contribution in [-0.2, 0) is 9.53 Å². The number of carbonyl (C=O) groups is 1. The number of ether oxygens (including phenoxy) is 3. The van der Waals surface area contributed by atoms with Crippen LogP contribution in [0.25, 0.3) is 22.5 Å². The van der Waals surface area contributed by atoms with E-state index in [1.165, 1.54) is 22.9 Å². The third kappa shape index (κ3) is 4.98. The predicted octanol–water partition coefficient (Wildman–Crippen LogP) is 3.90. The first kappa shape index (κ1) is 21.9. The Kier molecular flexibility index (Phi) is 6.58. The first-order valence-corrected chi connectivity index (χ1v) is 10.1. The van der Waals surface area contributed by atoms with Gasteiger partial charge in [-0.15, -0.1) is 5.10 Å². The number of benzene rings is 3. The minimum Gasteiger partial charge on any atom is -0.496 e. The van der Waals surface area contributed by atoms with E-state index >= 15 is 0 Å². The molecule has 1 heterocycles. The van der Waals surface area contributed by atoms with Crippen LogP contribution in [0.1, 0.15) is 11.4 Å². The Balaban J connectivity index is 1.47. The Bertz CT molecular complexity index is 1320. The summed E-state index contributed by atoms with van der Waals surface area (Å²) in [6.07, 6.45) is 1.46. The Morgan fingerprint density at radius 3 is 2.48 bits per heavy atom. The molecule has 0 aliphatic rings. The van der Waals surface area contributed by atoms with Crippen molar-refractivity contribution in [2.75, 3.05) is 20.3 Å². The Morgan fingerprint density at radius 1 is 1.03 bits per heavy atom. The van der Waals surface area contributed by atoms with Crippen LogP contribution in [-0.4, -0.2) is 46.5 Å². The molecule has 9 heteroatoms. The summed E-state index contributed by atoms with van der Waals surface area (Å²) in [5.41, 5.74) is 0.524. The molecule has 0 fully saturated rings. The molecular formula is C24H21FN4O4. The average molecular weight is 448 g/mol. The third-order valence-electron chi connectivity index (χ3n) is 4.85. The van der Waals surface area contributed by atoms with Gasteiger partial charge in [0.25, 0.3) is 0 Å². The van der Waals surface area contributed by atoms with Gasteiger partial charge in [0.1, 0.15) is 30.5 Å². The van der Waals surface area contributed by atoms with Gasteiger partial charge in [-0.1, -0.05) is 36.4 Å². The molecule has 0 atom stereocenters. The minimum absolute atomic E-state index is 0.0130. The lowest BCUT2D eigenvalue weighted by atomic mass is 10.1. The lowest BCUT2D eigenvalue weighted by Crippen LogP contribution is -2.18. The number of hydrogen-bond donors (Lipinski definition) is 0. The van der Waals surface area contributed by atoms with E-state index in [0.29, 0.717) is 17.1 Å². The summed E-state index contributed by atoms with van der Waals surface area (Å²) >= 11 is 0. The fourth-order valence-corrected chi connectivity index (χ4v) is 3.32. The van der Waals surface area contributed by atoms with Crippen molar-refractivity contribution >= 4 is 28.5 Å². The van der Waals surface area contributed by atoms with Gasteiger partial charge < -0.3 is 14.2 Å². The summed E-state index contributed by atoms with van der Waals surface area (Å²) in [7, 11) is 1.61. The van der Waals surface area contributed by atoms with E-state index in [4.69, 9.17) is 14.2 Å². The van der Waals surface area contributed by atoms with Crippen LogP contribution in [0.3, 0.4) is 0 Å². The lowest BCUT2D eigenvalue weighted by molar-refractivity contribution is -0.137. The quantitative estimate of drug-likeness (QED) is 0.229. The number of rotatable bonds is 8. The first-order chi connectivity index (χ1) is 16.1. The van der Waals surface area contributed by atoms with Crippen molar-refractivity contribution < 1.29 is 23.4 Å². The molecule has 3 aromatic carbocycles. The molecule has 8 nitrogen and oxygen atoms in total. The second-order valence-electron chi connectivity index (χ2n) is 7.02. The molecule has 0 amide bonds. The maximum absolute atomic E-state index is 13.6. The Labute approximate surface area is 189 Å². The molecule has 0 aliphatic carbocycles. The number of aromatic nitrogens is 4. The van der Waals surface area contributed by atoms with Gasteiger partial charge >= 0.3 is 5.97 Å². The van der Waals surface area contributed by atoms with Crippen molar-refractivity contribution in [1.82, 2.24) is 20.2 Å². The molecule has 0 aliphatic heterocycles. The van der Waals surface area contributed by atoms with Gasteiger partial charge in [-0.2, -0.15) is 4.68 Å². The van der Waals surface area contributed by atoms with Gasteiger partial charge in [-0.05, 0) is 53.3 Å². The zero-order valence-electron chi connectivity index (χ0n) is 18.1. The van der Waals surface area contributed by atoms with Gasteiger partial charge in [0.15, 0.2) is 11.5 Å². The molecule has 4 rings (SSSR count). The molecule has 0 bridgehead atoms. The molecule has 0 N–H and O–H groups in total. The second kappa shape index (κ2) is 9.90. The van der Waals surface area contributed by atoms with Crippen molar-refractivity contribution in [3.8, 4) is 11.5 Å². The zero-order chi connectivity index (χ0) is 23.2. The number of halogens is 1. The number of esters is 1. The topological polar surface area (TPSA) is 88.4 Å². The highest BCUT2D eigenvalue weighted by Crippen LogP contribution is 2.32. The van der Waals surface area contributed by atoms with Gasteiger partial charge in [0.2, 0.25) is 0 Å². The molecule has 0 radical (unpaired) electrons. The second-order valence-corrected chi connectivity index (χ2v) is 7.02. The highest BCUT2D eigenvalue weighted by atomic mass is 19.1. The predicted molar refractivity (Wildman–Crippen MR) is 120 cm³/mol. The molecule has 1 aromatic heterocycles.